The maximum Gasteiger partial charge on any atom is 0.351 e. The lowest BCUT2D eigenvalue weighted by atomic mass is 9.95. The standard InChI is InChI=1S/C10H13N7O5/c11-4-1-2-17(9(21)14-4)8-5(7(12)20)6(19)10(3-18,22-8)15-16-13/h1-2,5-6,8,18-19H,3H2,(H2,12,20)(H2,11,14,21)/t5-,6+,8-,10-/m1/s1. The minimum absolute atomic E-state index is 0.0566. The smallest absolute Gasteiger partial charge is 0.351 e. The number of amides is 1. The lowest BCUT2D eigenvalue weighted by Gasteiger charge is -2.24. The van der Waals surface area contributed by atoms with E-state index in [0.717, 1.165) is 4.57 Å². The van der Waals surface area contributed by atoms with E-state index < -0.39 is 42.2 Å². The number of azide groups is 1. The van der Waals surface area contributed by atoms with Crippen LogP contribution >= 0.6 is 0 Å². The molecule has 4 atom stereocenters. The molecule has 22 heavy (non-hydrogen) atoms. The number of rotatable bonds is 4. The normalized spacial score (nSPS) is 30.7. The van der Waals surface area contributed by atoms with Crippen LogP contribution in [0, 0.1) is 5.92 Å². The Hall–Kier alpha value is -2.66. The first kappa shape index (κ1) is 15.7. The zero-order chi connectivity index (χ0) is 16.5. The van der Waals surface area contributed by atoms with Gasteiger partial charge in [-0.25, -0.2) is 4.79 Å². The van der Waals surface area contributed by atoms with E-state index in [9.17, 15) is 19.8 Å². The van der Waals surface area contributed by atoms with E-state index in [-0.39, 0.29) is 5.82 Å². The van der Waals surface area contributed by atoms with Gasteiger partial charge in [-0.15, -0.1) is 0 Å². The molecule has 0 unspecified atom stereocenters. The molecule has 1 aliphatic rings. The molecular weight excluding hydrogens is 298 g/mol. The number of hydrogen-bond acceptors (Lipinski definition) is 8. The molecule has 12 heteroatoms. The summed E-state index contributed by atoms with van der Waals surface area (Å²) in [6.07, 6.45) is -1.98. The van der Waals surface area contributed by atoms with Gasteiger partial charge in [-0.1, -0.05) is 5.11 Å². The van der Waals surface area contributed by atoms with Gasteiger partial charge in [0.15, 0.2) is 12.0 Å². The summed E-state index contributed by atoms with van der Waals surface area (Å²) in [5.41, 5.74) is 16.1. The van der Waals surface area contributed by atoms with Crippen molar-refractivity contribution in [2.45, 2.75) is 18.1 Å². The number of nitrogens with two attached hydrogens (primary N) is 2. The van der Waals surface area contributed by atoms with Crippen LogP contribution in [0.4, 0.5) is 5.82 Å². The van der Waals surface area contributed by atoms with Crippen LogP contribution in [0.5, 0.6) is 0 Å². The van der Waals surface area contributed by atoms with Gasteiger partial charge in [-0.05, 0) is 11.6 Å². The SMILES string of the molecule is [N-]=[N+]=N[C@]1(CO)O[C@@H](n2ccc(N)nc2=O)[C@@H](C(N)=O)[C@@H]1O. The van der Waals surface area contributed by atoms with Gasteiger partial charge >= 0.3 is 5.69 Å². The Kier molecular flexibility index (Phi) is 4.01. The predicted octanol–water partition coefficient (Wildman–Crippen LogP) is -2.18. The van der Waals surface area contributed by atoms with E-state index in [2.05, 4.69) is 15.0 Å². The summed E-state index contributed by atoms with van der Waals surface area (Å²) < 4.78 is 6.15. The molecule has 0 saturated carbocycles. The van der Waals surface area contributed by atoms with Gasteiger partial charge in [0.1, 0.15) is 17.8 Å². The molecule has 1 fully saturated rings. The monoisotopic (exact) mass is 311 g/mol. The van der Waals surface area contributed by atoms with Crippen molar-refractivity contribution < 1.29 is 19.7 Å². The number of ether oxygens (including phenoxy) is 1. The van der Waals surface area contributed by atoms with Crippen molar-refractivity contribution in [3.05, 3.63) is 33.2 Å². The average molecular weight is 311 g/mol. The van der Waals surface area contributed by atoms with E-state index >= 15 is 0 Å². The first-order chi connectivity index (χ1) is 10.4. The number of aromatic nitrogens is 2. The van der Waals surface area contributed by atoms with Crippen LogP contribution in [0.1, 0.15) is 6.23 Å². The van der Waals surface area contributed by atoms with E-state index in [4.69, 9.17) is 21.7 Å². The number of aliphatic hydroxyl groups is 2. The molecule has 1 saturated heterocycles. The number of anilines is 1. The highest BCUT2D eigenvalue weighted by atomic mass is 16.6. The van der Waals surface area contributed by atoms with E-state index in [1.54, 1.807) is 0 Å². The largest absolute Gasteiger partial charge is 0.393 e. The summed E-state index contributed by atoms with van der Waals surface area (Å²) in [5, 5.41) is 22.7. The van der Waals surface area contributed by atoms with Crippen LogP contribution < -0.4 is 17.2 Å². The topological polar surface area (TPSA) is 202 Å². The first-order valence-corrected chi connectivity index (χ1v) is 6.03. The van der Waals surface area contributed by atoms with Crippen molar-refractivity contribution in [1.29, 1.82) is 0 Å². The number of nitrogen functional groups attached to an aromatic ring is 1. The number of primary amides is 1. The lowest BCUT2D eigenvalue weighted by Crippen LogP contribution is -2.45. The van der Waals surface area contributed by atoms with Gasteiger partial charge in [0, 0.05) is 11.1 Å². The van der Waals surface area contributed by atoms with Crippen molar-refractivity contribution in [2.75, 3.05) is 12.3 Å². The van der Waals surface area contributed by atoms with Crippen molar-refractivity contribution >= 4 is 11.7 Å². The molecule has 2 rings (SSSR count). The summed E-state index contributed by atoms with van der Waals surface area (Å²) in [5.74, 6) is -2.51. The average Bonchev–Trinajstić information content (AvgIpc) is 2.73. The Morgan fingerprint density at radius 2 is 2.36 bits per heavy atom. The molecule has 0 aliphatic carbocycles. The third-order valence-corrected chi connectivity index (χ3v) is 3.33. The number of hydrogen-bond donors (Lipinski definition) is 4. The maximum absolute atomic E-state index is 11.9. The van der Waals surface area contributed by atoms with Crippen molar-refractivity contribution in [3.8, 4) is 0 Å². The quantitative estimate of drug-likeness (QED) is 0.274. The highest BCUT2D eigenvalue weighted by Crippen LogP contribution is 2.41. The van der Waals surface area contributed by atoms with Gasteiger partial charge in [0.2, 0.25) is 5.91 Å². The van der Waals surface area contributed by atoms with E-state index in [0.29, 0.717) is 0 Å². The molecule has 0 bridgehead atoms. The molecule has 1 aromatic rings. The summed E-state index contributed by atoms with van der Waals surface area (Å²) in [6, 6.07) is 1.27. The molecule has 118 valence electrons. The Balaban J connectivity index is 2.56. The fourth-order valence-corrected chi connectivity index (χ4v) is 2.25. The predicted molar refractivity (Wildman–Crippen MR) is 70.7 cm³/mol. The van der Waals surface area contributed by atoms with Crippen LogP contribution in [0.15, 0.2) is 22.2 Å². The molecule has 1 aromatic heterocycles. The molecule has 2 heterocycles. The summed E-state index contributed by atoms with van der Waals surface area (Å²) in [7, 11) is 0. The Labute approximate surface area is 122 Å². The fraction of sp³-hybridized carbons (Fsp3) is 0.500. The Morgan fingerprint density at radius 1 is 1.68 bits per heavy atom. The van der Waals surface area contributed by atoms with Crippen LogP contribution in [0.2, 0.25) is 0 Å². The summed E-state index contributed by atoms with van der Waals surface area (Å²) in [6.45, 7) is -0.921. The number of carbonyl (C=O) groups excluding carboxylic acids is 1. The van der Waals surface area contributed by atoms with Gasteiger partial charge in [0.05, 0.1) is 6.61 Å². The highest BCUT2D eigenvalue weighted by Gasteiger charge is 2.57. The van der Waals surface area contributed by atoms with Gasteiger partial charge in [0.25, 0.3) is 0 Å². The second-order valence-corrected chi connectivity index (χ2v) is 4.62. The number of aliphatic hydroxyl groups excluding tert-OH is 2. The van der Waals surface area contributed by atoms with E-state index in [1.165, 1.54) is 12.3 Å². The third kappa shape index (κ3) is 2.35. The molecule has 6 N–H and O–H groups in total. The summed E-state index contributed by atoms with van der Waals surface area (Å²) >= 11 is 0. The first-order valence-electron chi connectivity index (χ1n) is 6.03. The van der Waals surface area contributed by atoms with Crippen LogP contribution in [-0.4, -0.2) is 44.1 Å². The molecule has 1 aliphatic heterocycles. The number of carbonyl (C=O) groups is 1. The Bertz CT molecular complexity index is 699. The lowest BCUT2D eigenvalue weighted by molar-refractivity contribution is -0.129. The van der Waals surface area contributed by atoms with Gasteiger partial charge < -0.3 is 26.4 Å². The number of nitrogens with zero attached hydrogens (tertiary/aromatic N) is 5. The zero-order valence-electron chi connectivity index (χ0n) is 11.1. The maximum atomic E-state index is 11.9. The van der Waals surface area contributed by atoms with Crippen LogP contribution in [0.25, 0.3) is 10.4 Å². The second kappa shape index (κ2) is 5.61. The second-order valence-electron chi connectivity index (χ2n) is 4.62. The fourth-order valence-electron chi connectivity index (χ4n) is 2.25. The molecule has 0 aromatic carbocycles. The molecule has 12 nitrogen and oxygen atoms in total. The van der Waals surface area contributed by atoms with Crippen molar-refractivity contribution in [1.82, 2.24) is 9.55 Å². The van der Waals surface area contributed by atoms with Gasteiger partial charge in [-0.3, -0.25) is 9.36 Å². The summed E-state index contributed by atoms with van der Waals surface area (Å²) in [4.78, 5) is 29.4. The van der Waals surface area contributed by atoms with Gasteiger partial charge in [-0.2, -0.15) is 4.98 Å². The van der Waals surface area contributed by atoms with Crippen LogP contribution in [-0.2, 0) is 9.53 Å². The molecule has 1 amide bonds. The zero-order valence-corrected chi connectivity index (χ0v) is 11.1. The highest BCUT2D eigenvalue weighted by molar-refractivity contribution is 5.78. The Morgan fingerprint density at radius 3 is 2.86 bits per heavy atom. The van der Waals surface area contributed by atoms with Crippen molar-refractivity contribution in [3.63, 3.8) is 0 Å². The van der Waals surface area contributed by atoms with E-state index in [1.807, 2.05) is 0 Å². The third-order valence-electron chi connectivity index (χ3n) is 3.33. The molecular formula is C10H13N7O5. The molecule has 0 spiro atoms. The van der Waals surface area contributed by atoms with Crippen LogP contribution in [0.3, 0.4) is 0 Å². The molecule has 0 radical (unpaired) electrons. The minimum atomic E-state index is -2.14. The minimum Gasteiger partial charge on any atom is -0.393 e. The van der Waals surface area contributed by atoms with Crippen molar-refractivity contribution in [2.24, 2.45) is 16.8 Å².